The zero-order valence-corrected chi connectivity index (χ0v) is 33.9. The van der Waals surface area contributed by atoms with Crippen LogP contribution in [0.1, 0.15) is 16.5 Å². The predicted molar refractivity (Wildman–Crippen MR) is 263 cm³/mol. The molecule has 0 atom stereocenters. The van der Waals surface area contributed by atoms with Gasteiger partial charge in [0.15, 0.2) is 0 Å². The number of rotatable bonds is 4. The Morgan fingerprint density at radius 1 is 0.484 bits per heavy atom. The molecule has 0 bridgehead atoms. The van der Waals surface area contributed by atoms with Crippen molar-refractivity contribution in [2.45, 2.75) is 0 Å². The molecule has 0 amide bonds. The molecule has 4 heterocycles. The predicted octanol–water partition coefficient (Wildman–Crippen LogP) is 16.4. The van der Waals surface area contributed by atoms with Gasteiger partial charge in [0.05, 0.1) is 65.9 Å². The van der Waals surface area contributed by atoms with Gasteiger partial charge in [-0.3, -0.25) is 0 Å². The number of aromatic nitrogens is 2. The number of nitriles is 1. The number of para-hydroxylation sites is 2. The molecular weight excluding hydrogens is 793 g/mol. The molecule has 13 aromatic rings. The summed E-state index contributed by atoms with van der Waals surface area (Å²) in [6.07, 6.45) is 0. The lowest BCUT2D eigenvalue weighted by Crippen LogP contribution is -2.08. The first-order valence-corrected chi connectivity index (χ1v) is 21.5. The molecule has 0 saturated carbocycles. The average molecular weight is 831 g/mol. The van der Waals surface area contributed by atoms with Crippen LogP contribution in [0.3, 0.4) is 0 Å². The Hall–Kier alpha value is -8.00. The van der Waals surface area contributed by atoms with Crippen molar-refractivity contribution in [2.75, 3.05) is 0 Å². The lowest BCUT2D eigenvalue weighted by molar-refractivity contribution is 1.14. The molecule has 13 rings (SSSR count). The van der Waals surface area contributed by atoms with E-state index in [2.05, 4.69) is 64.0 Å². The highest BCUT2D eigenvalue weighted by Gasteiger charge is 2.33. The molecule has 0 fully saturated rings. The van der Waals surface area contributed by atoms with Gasteiger partial charge < -0.3 is 9.13 Å². The van der Waals surface area contributed by atoms with Crippen molar-refractivity contribution in [3.63, 3.8) is 0 Å². The van der Waals surface area contributed by atoms with E-state index in [0.29, 0.717) is 22.4 Å². The van der Waals surface area contributed by atoms with Crippen molar-refractivity contribution in [1.29, 1.82) is 5.26 Å². The van der Waals surface area contributed by atoms with Crippen molar-refractivity contribution in [3.8, 4) is 39.7 Å². The highest BCUT2D eigenvalue weighted by Crippen LogP contribution is 2.54. The number of hydrogen-bond donors (Lipinski definition) is 0. The summed E-state index contributed by atoms with van der Waals surface area (Å²) in [5, 5.41) is 17.7. The van der Waals surface area contributed by atoms with Crippen LogP contribution in [0.15, 0.2) is 182 Å². The number of fused-ring (bicyclic) bond motifs is 14. The van der Waals surface area contributed by atoms with E-state index >= 15 is 0 Å². The first-order chi connectivity index (χ1) is 34.0. The van der Waals surface area contributed by atoms with Crippen LogP contribution >= 0.6 is 22.7 Å². The van der Waals surface area contributed by atoms with Crippen LogP contribution < -0.4 is 0 Å². The van der Waals surface area contributed by atoms with E-state index in [1.807, 2.05) is 84.9 Å². The molecule has 0 aliphatic heterocycles. The summed E-state index contributed by atoms with van der Waals surface area (Å²) in [5.74, 6) is 0. The maximum Gasteiger partial charge on any atom is 0.220 e. The highest BCUT2D eigenvalue weighted by atomic mass is 32.1. The maximum absolute atomic E-state index is 11.9. The quantitative estimate of drug-likeness (QED) is 0.163. The van der Waals surface area contributed by atoms with E-state index in [9.17, 15) is 17.3 Å². The minimum Gasteiger partial charge on any atom is -0.316 e. The molecule has 4 aromatic heterocycles. The molecule has 4 nitrogen and oxygen atoms in total. The number of thiophene rings is 2. The van der Waals surface area contributed by atoms with E-state index in [4.69, 9.17) is 5.48 Å². The highest BCUT2D eigenvalue weighted by molar-refractivity contribution is 7.27. The van der Waals surface area contributed by atoms with Crippen molar-refractivity contribution in [1.82, 2.24) is 9.13 Å². The molecule has 0 spiro atoms. The van der Waals surface area contributed by atoms with E-state index < -0.39 is 48.3 Å². The molecule has 0 aliphatic carbocycles. The fourth-order valence-electron chi connectivity index (χ4n) is 9.54. The van der Waals surface area contributed by atoms with Crippen LogP contribution in [0.5, 0.6) is 0 Å². The summed E-state index contributed by atoms with van der Waals surface area (Å²) < 4.78 is 81.4. The summed E-state index contributed by atoms with van der Waals surface area (Å²) in [4.78, 5) is 4.45. The molecule has 9 aromatic carbocycles. The standard InChI is InChI=1S/C56H30N4S2/c1-58-50-48(33-16-4-2-5-17-33)43(32-57)51(59-44-24-12-8-20-35(44)36-21-9-13-25-45(36)59)49(34-18-6-3-7-19-34)54(50)60-52-39(28-30-41-37-22-10-14-26-46(37)61-55(41)52)40-29-31-42-38-23-11-15-27-47(38)62-56(42)53(40)60/h2-31H/i8D,9D,12D,13D,20D,21D,24D,25D. The summed E-state index contributed by atoms with van der Waals surface area (Å²) in [6.45, 7) is 9.36. The largest absolute Gasteiger partial charge is 0.316 e. The summed E-state index contributed by atoms with van der Waals surface area (Å²) in [7, 11) is 0. The third-order valence-electron chi connectivity index (χ3n) is 12.0. The number of benzene rings is 9. The Kier molecular flexibility index (Phi) is 5.92. The molecule has 62 heavy (non-hydrogen) atoms. The number of hydrogen-bond acceptors (Lipinski definition) is 3. The van der Waals surface area contributed by atoms with E-state index in [0.717, 1.165) is 62.2 Å². The average Bonchev–Trinajstić information content (AvgIpc) is 4.16. The van der Waals surface area contributed by atoms with Crippen LogP contribution in [-0.2, 0) is 0 Å². The van der Waals surface area contributed by atoms with Gasteiger partial charge in [-0.25, -0.2) is 4.85 Å². The van der Waals surface area contributed by atoms with Gasteiger partial charge in [-0.1, -0.05) is 158 Å². The molecule has 286 valence electrons. The fraction of sp³-hybridized carbons (Fsp3) is 0. The van der Waals surface area contributed by atoms with Crippen molar-refractivity contribution >= 4 is 112 Å². The Morgan fingerprint density at radius 2 is 0.952 bits per heavy atom. The van der Waals surface area contributed by atoms with Gasteiger partial charge in [0.2, 0.25) is 5.69 Å². The van der Waals surface area contributed by atoms with Gasteiger partial charge in [0, 0.05) is 63.6 Å². The van der Waals surface area contributed by atoms with Gasteiger partial charge in [0.25, 0.3) is 0 Å². The molecule has 0 unspecified atom stereocenters. The third kappa shape index (κ3) is 4.68. The van der Waals surface area contributed by atoms with Gasteiger partial charge in [-0.05, 0) is 35.3 Å². The second-order valence-corrected chi connectivity index (χ2v) is 17.2. The van der Waals surface area contributed by atoms with Crippen LogP contribution in [0.4, 0.5) is 5.69 Å². The third-order valence-corrected chi connectivity index (χ3v) is 14.4. The van der Waals surface area contributed by atoms with Gasteiger partial charge in [-0.2, -0.15) is 5.26 Å². The van der Waals surface area contributed by atoms with Crippen LogP contribution in [0.25, 0.3) is 122 Å². The van der Waals surface area contributed by atoms with Gasteiger partial charge >= 0.3 is 0 Å². The van der Waals surface area contributed by atoms with Gasteiger partial charge in [0.1, 0.15) is 6.07 Å². The SMILES string of the molecule is [2H]c1c([2H])c([2H])c2c(c1[2H])c1c([2H])c([2H])c([2H])c([2H])c1n2-c1c(C#N)c(-c2ccccc2)c([N+]#[C-])c(-n2c3c(ccc4c5ccccc5sc43)c3ccc4c5ccccc5sc4c32)c1-c1ccccc1. The normalized spacial score (nSPS) is 13.6. The van der Waals surface area contributed by atoms with E-state index in [1.165, 1.54) is 4.57 Å². The van der Waals surface area contributed by atoms with Crippen molar-refractivity contribution < 1.29 is 11.0 Å². The van der Waals surface area contributed by atoms with Crippen LogP contribution in [0, 0.1) is 17.9 Å². The lowest BCUT2D eigenvalue weighted by atomic mass is 9.88. The lowest BCUT2D eigenvalue weighted by Gasteiger charge is -2.26. The zero-order chi connectivity index (χ0) is 48.0. The minimum atomic E-state index is -0.584. The molecule has 0 aliphatic rings. The van der Waals surface area contributed by atoms with Crippen molar-refractivity contribution in [3.05, 3.63) is 199 Å². The Morgan fingerprint density at radius 3 is 1.47 bits per heavy atom. The van der Waals surface area contributed by atoms with Crippen LogP contribution in [-0.4, -0.2) is 9.13 Å². The molecule has 6 heteroatoms. The summed E-state index contributed by atoms with van der Waals surface area (Å²) in [6, 6.07) is 41.7. The molecule has 0 saturated heterocycles. The fourth-order valence-corrected chi connectivity index (χ4v) is 12.0. The molecular formula is C56H30N4S2. The maximum atomic E-state index is 11.9. The summed E-state index contributed by atoms with van der Waals surface area (Å²) in [5.41, 5.74) is 3.63. The number of nitrogens with zero attached hydrogens (tertiary/aromatic N) is 4. The second-order valence-electron chi connectivity index (χ2n) is 15.1. The minimum absolute atomic E-state index is 0.0294. The Balaban J connectivity index is 1.40. The van der Waals surface area contributed by atoms with Gasteiger partial charge in [-0.15, -0.1) is 22.7 Å². The molecule has 0 radical (unpaired) electrons. The molecule has 0 N–H and O–H groups in total. The Labute approximate surface area is 374 Å². The first kappa shape index (κ1) is 27.7. The summed E-state index contributed by atoms with van der Waals surface area (Å²) >= 11 is 3.29. The van der Waals surface area contributed by atoms with E-state index in [1.54, 1.807) is 22.7 Å². The topological polar surface area (TPSA) is 38.0 Å². The first-order valence-electron chi connectivity index (χ1n) is 23.9. The Bertz CT molecular complexity index is 4390. The second kappa shape index (κ2) is 13.2. The van der Waals surface area contributed by atoms with E-state index in [-0.39, 0.29) is 44.3 Å². The van der Waals surface area contributed by atoms with Crippen LogP contribution in [0.2, 0.25) is 0 Å². The smallest absolute Gasteiger partial charge is 0.220 e. The monoisotopic (exact) mass is 830 g/mol. The van der Waals surface area contributed by atoms with Crippen molar-refractivity contribution in [2.24, 2.45) is 0 Å². The zero-order valence-electron chi connectivity index (χ0n) is 40.3.